The summed E-state index contributed by atoms with van der Waals surface area (Å²) >= 11 is 7.60. The first-order valence-electron chi connectivity index (χ1n) is 5.26. The molecule has 3 rings (SSSR count). The summed E-state index contributed by atoms with van der Waals surface area (Å²) in [6.07, 6.45) is 0. The lowest BCUT2D eigenvalue weighted by Gasteiger charge is -2.06. The van der Waals surface area contributed by atoms with E-state index in [9.17, 15) is 0 Å². The van der Waals surface area contributed by atoms with Crippen molar-refractivity contribution in [3.63, 3.8) is 0 Å². The molecule has 6 heteroatoms. The molecule has 0 aliphatic heterocycles. The maximum atomic E-state index is 6.10. The lowest BCUT2D eigenvalue weighted by molar-refractivity contribution is 1.19. The number of hydrazine groups is 1. The van der Waals surface area contributed by atoms with E-state index in [0.29, 0.717) is 16.7 Å². The maximum Gasteiger partial charge on any atom is 0.173 e. The van der Waals surface area contributed by atoms with Gasteiger partial charge in [-0.05, 0) is 23.6 Å². The zero-order chi connectivity index (χ0) is 12.5. The number of nitrogens with two attached hydrogens (primary N) is 1. The van der Waals surface area contributed by atoms with E-state index in [1.54, 1.807) is 0 Å². The van der Waals surface area contributed by atoms with Crippen LogP contribution >= 0.6 is 22.9 Å². The third-order valence-electron chi connectivity index (χ3n) is 2.56. The van der Waals surface area contributed by atoms with Gasteiger partial charge >= 0.3 is 0 Å². The number of rotatable bonds is 2. The van der Waals surface area contributed by atoms with Crippen molar-refractivity contribution in [1.29, 1.82) is 0 Å². The van der Waals surface area contributed by atoms with E-state index in [4.69, 9.17) is 17.4 Å². The highest BCUT2D eigenvalue weighted by Gasteiger charge is 2.12. The molecule has 0 atom stereocenters. The average molecular weight is 277 g/mol. The molecule has 0 radical (unpaired) electrons. The van der Waals surface area contributed by atoms with Gasteiger partial charge in [0.05, 0.1) is 15.4 Å². The molecule has 0 saturated carbocycles. The molecule has 2 heterocycles. The van der Waals surface area contributed by atoms with Gasteiger partial charge in [0.2, 0.25) is 0 Å². The average Bonchev–Trinajstić information content (AvgIpc) is 2.83. The summed E-state index contributed by atoms with van der Waals surface area (Å²) in [5, 5.41) is 3.45. The van der Waals surface area contributed by atoms with Gasteiger partial charge in [0.15, 0.2) is 11.6 Å². The van der Waals surface area contributed by atoms with Crippen LogP contribution in [0.25, 0.3) is 21.6 Å². The number of halogens is 1. The molecule has 3 aromatic rings. The van der Waals surface area contributed by atoms with Crippen LogP contribution in [-0.2, 0) is 0 Å². The minimum Gasteiger partial charge on any atom is -0.308 e. The zero-order valence-electron chi connectivity index (χ0n) is 9.22. The smallest absolute Gasteiger partial charge is 0.173 e. The van der Waals surface area contributed by atoms with E-state index in [0.717, 1.165) is 15.8 Å². The highest BCUT2D eigenvalue weighted by Crippen LogP contribution is 2.33. The van der Waals surface area contributed by atoms with Crippen LogP contribution in [0.15, 0.2) is 35.7 Å². The highest BCUT2D eigenvalue weighted by molar-refractivity contribution is 7.14. The summed E-state index contributed by atoms with van der Waals surface area (Å²) in [7, 11) is 0. The van der Waals surface area contributed by atoms with Crippen LogP contribution in [0.2, 0.25) is 5.02 Å². The highest BCUT2D eigenvalue weighted by atomic mass is 35.5. The van der Waals surface area contributed by atoms with Crippen molar-refractivity contribution >= 4 is 39.7 Å². The van der Waals surface area contributed by atoms with Crippen LogP contribution in [0.4, 0.5) is 5.82 Å². The molecule has 0 aliphatic rings. The Kier molecular flexibility index (Phi) is 2.87. The van der Waals surface area contributed by atoms with E-state index in [1.807, 2.05) is 35.7 Å². The SMILES string of the molecule is NNc1nc(-c2sccc2Cl)nc2ccccc12. The number of fused-ring (bicyclic) bond motifs is 1. The van der Waals surface area contributed by atoms with E-state index in [-0.39, 0.29) is 0 Å². The number of anilines is 1. The number of nitrogens with one attached hydrogen (secondary N) is 1. The predicted molar refractivity (Wildman–Crippen MR) is 75.7 cm³/mol. The lowest BCUT2D eigenvalue weighted by atomic mass is 10.2. The summed E-state index contributed by atoms with van der Waals surface area (Å²) < 4.78 is 0. The van der Waals surface area contributed by atoms with Gasteiger partial charge in [0.25, 0.3) is 0 Å². The summed E-state index contributed by atoms with van der Waals surface area (Å²) in [4.78, 5) is 9.75. The molecule has 1 aromatic carbocycles. The van der Waals surface area contributed by atoms with E-state index in [1.165, 1.54) is 11.3 Å². The zero-order valence-corrected chi connectivity index (χ0v) is 10.8. The number of nitrogens with zero attached hydrogens (tertiary/aromatic N) is 2. The topological polar surface area (TPSA) is 63.8 Å². The fourth-order valence-corrected chi connectivity index (χ4v) is 2.81. The summed E-state index contributed by atoms with van der Waals surface area (Å²) in [6, 6.07) is 9.52. The molecule has 4 nitrogen and oxygen atoms in total. The van der Waals surface area contributed by atoms with Gasteiger partial charge in [0.1, 0.15) is 0 Å². The molecule has 0 amide bonds. The van der Waals surface area contributed by atoms with Crippen LogP contribution in [0, 0.1) is 0 Å². The normalized spacial score (nSPS) is 10.8. The molecule has 0 fully saturated rings. The molecule has 2 aromatic heterocycles. The molecule has 18 heavy (non-hydrogen) atoms. The minimum absolute atomic E-state index is 0.585. The number of benzene rings is 1. The maximum absolute atomic E-state index is 6.10. The molecule has 0 bridgehead atoms. The number of hydrogen-bond acceptors (Lipinski definition) is 5. The Morgan fingerprint density at radius 1 is 1.17 bits per heavy atom. The van der Waals surface area contributed by atoms with Crippen molar-refractivity contribution in [1.82, 2.24) is 9.97 Å². The van der Waals surface area contributed by atoms with Crippen LogP contribution in [0.3, 0.4) is 0 Å². The summed E-state index contributed by atoms with van der Waals surface area (Å²) in [6.45, 7) is 0. The molecule has 0 spiro atoms. The molecular formula is C12H9ClN4S. The van der Waals surface area contributed by atoms with Crippen molar-refractivity contribution in [3.05, 3.63) is 40.7 Å². The monoisotopic (exact) mass is 276 g/mol. The molecule has 0 saturated heterocycles. The van der Waals surface area contributed by atoms with E-state index < -0.39 is 0 Å². The van der Waals surface area contributed by atoms with Crippen LogP contribution in [0.1, 0.15) is 0 Å². The molecule has 3 N–H and O–H groups in total. The first-order chi connectivity index (χ1) is 8.79. The first kappa shape index (κ1) is 11.4. The van der Waals surface area contributed by atoms with Gasteiger partial charge in [0, 0.05) is 5.39 Å². The van der Waals surface area contributed by atoms with Gasteiger partial charge in [-0.3, -0.25) is 0 Å². The van der Waals surface area contributed by atoms with Crippen molar-refractivity contribution in [2.45, 2.75) is 0 Å². The van der Waals surface area contributed by atoms with Gasteiger partial charge in [-0.1, -0.05) is 23.7 Å². The van der Waals surface area contributed by atoms with Crippen molar-refractivity contribution in [2.24, 2.45) is 5.84 Å². The number of para-hydroxylation sites is 1. The van der Waals surface area contributed by atoms with Crippen molar-refractivity contribution in [3.8, 4) is 10.7 Å². The molecular weight excluding hydrogens is 268 g/mol. The number of nitrogen functional groups attached to an aromatic ring is 1. The van der Waals surface area contributed by atoms with Crippen LogP contribution in [0.5, 0.6) is 0 Å². The molecule has 90 valence electrons. The van der Waals surface area contributed by atoms with Crippen LogP contribution < -0.4 is 11.3 Å². The van der Waals surface area contributed by atoms with E-state index in [2.05, 4.69) is 15.4 Å². The number of hydrogen-bond donors (Lipinski definition) is 2. The Morgan fingerprint density at radius 2 is 2.00 bits per heavy atom. The second-order valence-electron chi connectivity index (χ2n) is 3.65. The van der Waals surface area contributed by atoms with Crippen molar-refractivity contribution in [2.75, 3.05) is 5.43 Å². The Bertz CT molecular complexity index is 710. The number of aromatic nitrogens is 2. The third kappa shape index (κ3) is 1.82. The molecule has 0 aliphatic carbocycles. The standard InChI is InChI=1S/C12H9ClN4S/c13-8-5-6-18-10(8)12-15-9-4-2-1-3-7(9)11(16-12)17-14/h1-6H,14H2,(H,15,16,17). The minimum atomic E-state index is 0.585. The predicted octanol–water partition coefficient (Wildman–Crippen LogP) is 3.30. The lowest BCUT2D eigenvalue weighted by Crippen LogP contribution is -2.10. The fraction of sp³-hybridized carbons (Fsp3) is 0. The Balaban J connectivity index is 2.29. The number of thiophene rings is 1. The van der Waals surface area contributed by atoms with Gasteiger partial charge in [-0.25, -0.2) is 15.8 Å². The van der Waals surface area contributed by atoms with Crippen LogP contribution in [-0.4, -0.2) is 9.97 Å². The Morgan fingerprint density at radius 3 is 2.72 bits per heavy atom. The second-order valence-corrected chi connectivity index (χ2v) is 4.98. The third-order valence-corrected chi connectivity index (χ3v) is 3.90. The summed E-state index contributed by atoms with van der Waals surface area (Å²) in [5.41, 5.74) is 3.44. The fourth-order valence-electron chi connectivity index (χ4n) is 1.74. The first-order valence-corrected chi connectivity index (χ1v) is 6.52. The largest absolute Gasteiger partial charge is 0.308 e. The van der Waals surface area contributed by atoms with Gasteiger partial charge < -0.3 is 5.43 Å². The Hall–Kier alpha value is -1.69. The van der Waals surface area contributed by atoms with E-state index >= 15 is 0 Å². The second kappa shape index (κ2) is 4.53. The van der Waals surface area contributed by atoms with Gasteiger partial charge in [-0.15, -0.1) is 11.3 Å². The van der Waals surface area contributed by atoms with Crippen molar-refractivity contribution < 1.29 is 0 Å². The summed E-state index contributed by atoms with van der Waals surface area (Å²) in [5.74, 6) is 6.69. The Labute approximate surface area is 112 Å². The van der Waals surface area contributed by atoms with Gasteiger partial charge in [-0.2, -0.15) is 0 Å². The molecule has 0 unspecified atom stereocenters. The quantitative estimate of drug-likeness (QED) is 0.557.